The molecule has 0 fully saturated rings. The maximum absolute atomic E-state index is 10.7. The number of quaternary nitrogens is 1. The van der Waals surface area contributed by atoms with Gasteiger partial charge in [-0.3, -0.25) is 0 Å². The van der Waals surface area contributed by atoms with Crippen LogP contribution in [-0.4, -0.2) is 18.0 Å². The molecule has 1 aromatic carbocycles. The second kappa shape index (κ2) is 5.27. The van der Waals surface area contributed by atoms with Gasteiger partial charge in [-0.25, -0.2) is 0 Å². The van der Waals surface area contributed by atoms with Crippen LogP contribution in [-0.2, 0) is 9.59 Å². The first-order valence-corrected chi connectivity index (χ1v) is 4.81. The van der Waals surface area contributed by atoms with Crippen LogP contribution in [0.5, 0.6) is 0 Å². The summed E-state index contributed by atoms with van der Waals surface area (Å²) in [4.78, 5) is 21.3. The van der Waals surface area contributed by atoms with Crippen molar-refractivity contribution in [1.29, 1.82) is 0 Å². The minimum Gasteiger partial charge on any atom is -0.550 e. The van der Waals surface area contributed by atoms with Crippen molar-refractivity contribution in [3.8, 4) is 0 Å². The van der Waals surface area contributed by atoms with E-state index < -0.39 is 23.9 Å². The first-order valence-electron chi connectivity index (χ1n) is 4.81. The summed E-state index contributed by atoms with van der Waals surface area (Å²) in [7, 11) is 0. The molecule has 0 spiro atoms. The second-order valence-corrected chi connectivity index (χ2v) is 3.52. The Hall–Kier alpha value is -1.88. The summed E-state index contributed by atoms with van der Waals surface area (Å²) in [6, 6.07) is 7.39. The van der Waals surface area contributed by atoms with Gasteiger partial charge in [-0.1, -0.05) is 30.3 Å². The van der Waals surface area contributed by atoms with E-state index in [2.05, 4.69) is 5.73 Å². The van der Waals surface area contributed by atoms with Crippen LogP contribution in [0.4, 0.5) is 0 Å². The monoisotopic (exact) mass is 222 g/mol. The Morgan fingerprint density at radius 3 is 2.19 bits per heavy atom. The van der Waals surface area contributed by atoms with Crippen molar-refractivity contribution < 1.29 is 25.5 Å². The molecule has 0 aliphatic heterocycles. The highest BCUT2D eigenvalue weighted by molar-refractivity contribution is 5.73. The van der Waals surface area contributed by atoms with E-state index in [-0.39, 0.29) is 6.42 Å². The number of hydrogen-bond donors (Lipinski definition) is 1. The average molecular weight is 222 g/mol. The first-order chi connectivity index (χ1) is 7.52. The van der Waals surface area contributed by atoms with Gasteiger partial charge in [-0.05, 0) is 12.0 Å². The third kappa shape index (κ3) is 3.06. The highest BCUT2D eigenvalue weighted by Crippen LogP contribution is 2.20. The second-order valence-electron chi connectivity index (χ2n) is 3.52. The fraction of sp³-hybridized carbons (Fsp3) is 0.273. The number of carboxylic acids is 2. The molecular formula is C11H12NO4-. The van der Waals surface area contributed by atoms with E-state index >= 15 is 0 Å². The largest absolute Gasteiger partial charge is 0.550 e. The van der Waals surface area contributed by atoms with Gasteiger partial charge in [0.15, 0.2) is 0 Å². The number of carboxylic acid groups (broad SMARTS) is 2. The van der Waals surface area contributed by atoms with Gasteiger partial charge in [0, 0.05) is 11.9 Å². The maximum Gasteiger partial charge on any atom is 0.132 e. The lowest BCUT2D eigenvalue weighted by molar-refractivity contribution is -0.442. The molecule has 0 saturated carbocycles. The average Bonchev–Trinajstić information content (AvgIpc) is 2.26. The van der Waals surface area contributed by atoms with E-state index in [1.54, 1.807) is 30.3 Å². The van der Waals surface area contributed by atoms with Crippen LogP contribution in [0.3, 0.4) is 0 Å². The molecule has 0 aliphatic carbocycles. The lowest BCUT2D eigenvalue weighted by Crippen LogP contribution is -2.71. The molecule has 86 valence electrons. The number of aliphatic carboxylic acids is 2. The molecule has 0 aromatic heterocycles. The number of carbonyl (C=O) groups is 2. The van der Waals surface area contributed by atoms with Gasteiger partial charge in [0.2, 0.25) is 0 Å². The van der Waals surface area contributed by atoms with Crippen LogP contribution in [0.15, 0.2) is 30.3 Å². The number of carbonyl (C=O) groups excluding carboxylic acids is 2. The minimum atomic E-state index is -1.37. The molecule has 0 bridgehead atoms. The zero-order valence-electron chi connectivity index (χ0n) is 8.59. The fourth-order valence-corrected chi connectivity index (χ4v) is 1.54. The van der Waals surface area contributed by atoms with Crippen molar-refractivity contribution in [2.24, 2.45) is 0 Å². The van der Waals surface area contributed by atoms with Crippen molar-refractivity contribution in [3.63, 3.8) is 0 Å². The van der Waals surface area contributed by atoms with Gasteiger partial charge in [0.1, 0.15) is 6.04 Å². The van der Waals surface area contributed by atoms with Crippen molar-refractivity contribution >= 4 is 11.9 Å². The van der Waals surface area contributed by atoms with Crippen LogP contribution in [0.1, 0.15) is 17.9 Å². The smallest absolute Gasteiger partial charge is 0.132 e. The van der Waals surface area contributed by atoms with Gasteiger partial charge in [-0.15, -0.1) is 0 Å². The highest BCUT2D eigenvalue weighted by atomic mass is 16.4. The summed E-state index contributed by atoms with van der Waals surface area (Å²) >= 11 is 0. The summed E-state index contributed by atoms with van der Waals surface area (Å²) in [6.07, 6.45) is -0.383. The maximum atomic E-state index is 10.7. The summed E-state index contributed by atoms with van der Waals surface area (Å²) in [5.74, 6) is -3.39. The van der Waals surface area contributed by atoms with Crippen molar-refractivity contribution in [2.75, 3.05) is 0 Å². The van der Waals surface area contributed by atoms with E-state index in [0.29, 0.717) is 5.56 Å². The fourth-order valence-electron chi connectivity index (χ4n) is 1.54. The van der Waals surface area contributed by atoms with Crippen LogP contribution < -0.4 is 15.9 Å². The molecule has 0 radical (unpaired) electrons. The number of hydrogen-bond acceptors (Lipinski definition) is 4. The van der Waals surface area contributed by atoms with Gasteiger partial charge in [0.25, 0.3) is 0 Å². The number of benzene rings is 1. The molecule has 5 heteroatoms. The SMILES string of the molecule is [NH3+][C@H](C(=O)[O-])[C@H](CC(=O)[O-])c1ccccc1. The minimum absolute atomic E-state index is 0.383. The summed E-state index contributed by atoms with van der Waals surface area (Å²) in [5.41, 5.74) is 4.02. The molecule has 3 N–H and O–H groups in total. The Morgan fingerprint density at radius 1 is 1.19 bits per heavy atom. The Labute approximate surface area is 92.5 Å². The third-order valence-electron chi connectivity index (χ3n) is 2.40. The van der Waals surface area contributed by atoms with E-state index in [1.165, 1.54) is 0 Å². The van der Waals surface area contributed by atoms with Crippen molar-refractivity contribution in [3.05, 3.63) is 35.9 Å². The van der Waals surface area contributed by atoms with Gasteiger partial charge >= 0.3 is 0 Å². The molecule has 0 saturated heterocycles. The Kier molecular flexibility index (Phi) is 4.02. The molecule has 5 nitrogen and oxygen atoms in total. The van der Waals surface area contributed by atoms with Crippen molar-refractivity contribution in [1.82, 2.24) is 0 Å². The molecule has 16 heavy (non-hydrogen) atoms. The van der Waals surface area contributed by atoms with E-state index in [9.17, 15) is 19.8 Å². The van der Waals surface area contributed by atoms with Crippen LogP contribution >= 0.6 is 0 Å². The zero-order chi connectivity index (χ0) is 12.1. The van der Waals surface area contributed by atoms with Gasteiger partial charge in [0.05, 0.1) is 5.97 Å². The zero-order valence-corrected chi connectivity index (χ0v) is 8.59. The van der Waals surface area contributed by atoms with E-state index in [4.69, 9.17) is 0 Å². The molecule has 1 aromatic rings. The molecule has 2 atom stereocenters. The first kappa shape index (κ1) is 12.2. The standard InChI is InChI=1S/C11H13NO4/c12-10(11(15)16)8(6-9(13)14)7-4-2-1-3-5-7/h1-5,8,10H,6,12H2,(H,13,14)(H,15,16)/p-1/t8-,10+/m1/s1. The van der Waals surface area contributed by atoms with Crippen LogP contribution in [0.2, 0.25) is 0 Å². The lowest BCUT2D eigenvalue weighted by atomic mass is 9.89. The summed E-state index contributed by atoms with van der Waals surface area (Å²) < 4.78 is 0. The summed E-state index contributed by atoms with van der Waals surface area (Å²) in [6.45, 7) is 0. The van der Waals surface area contributed by atoms with Gasteiger partial charge < -0.3 is 25.5 Å². The van der Waals surface area contributed by atoms with Crippen molar-refractivity contribution in [2.45, 2.75) is 18.4 Å². The molecule has 0 aliphatic rings. The summed E-state index contributed by atoms with van der Waals surface area (Å²) in [5, 5.41) is 21.3. The highest BCUT2D eigenvalue weighted by Gasteiger charge is 2.24. The van der Waals surface area contributed by atoms with Crippen LogP contribution in [0, 0.1) is 0 Å². The molecule has 0 unspecified atom stereocenters. The van der Waals surface area contributed by atoms with Crippen LogP contribution in [0.25, 0.3) is 0 Å². The molecule has 1 rings (SSSR count). The predicted octanol–water partition coefficient (Wildman–Crippen LogP) is -2.73. The Balaban J connectivity index is 2.96. The molecular weight excluding hydrogens is 210 g/mol. The third-order valence-corrected chi connectivity index (χ3v) is 2.40. The quantitative estimate of drug-likeness (QED) is 0.583. The topological polar surface area (TPSA) is 108 Å². The van der Waals surface area contributed by atoms with Gasteiger partial charge in [-0.2, -0.15) is 0 Å². The normalized spacial score (nSPS) is 14.1. The predicted molar refractivity (Wildman–Crippen MR) is 50.5 cm³/mol. The lowest BCUT2D eigenvalue weighted by Gasteiger charge is -2.22. The Bertz CT molecular complexity index is 377. The molecule has 0 heterocycles. The van der Waals surface area contributed by atoms with E-state index in [0.717, 1.165) is 0 Å². The number of rotatable bonds is 5. The molecule has 0 amide bonds. The van der Waals surface area contributed by atoms with E-state index in [1.807, 2.05) is 0 Å². The Morgan fingerprint density at radius 2 is 1.75 bits per heavy atom.